The molecule has 1 atom stereocenters. The van der Waals surface area contributed by atoms with E-state index in [1.165, 1.54) is 0 Å². The molecule has 1 aromatic carbocycles. The number of carboxylic acids is 1. The van der Waals surface area contributed by atoms with Crippen LogP contribution in [-0.4, -0.2) is 17.1 Å². The molecule has 0 amide bonds. The predicted octanol–water partition coefficient (Wildman–Crippen LogP) is 2.18. The number of fused-ring (bicyclic) bond motifs is 1. The van der Waals surface area contributed by atoms with E-state index >= 15 is 0 Å². The van der Waals surface area contributed by atoms with Crippen molar-refractivity contribution in [2.24, 2.45) is 0 Å². The predicted molar refractivity (Wildman–Crippen MR) is 57.6 cm³/mol. The van der Waals surface area contributed by atoms with Crippen LogP contribution in [0.15, 0.2) is 16.6 Å². The maximum absolute atomic E-state index is 10.8. The average molecular weight is 256 g/mol. The highest BCUT2D eigenvalue weighted by Gasteiger charge is 2.27. The fourth-order valence-electron chi connectivity index (χ4n) is 1.72. The van der Waals surface area contributed by atoms with Gasteiger partial charge in [-0.25, -0.2) is 4.79 Å². The van der Waals surface area contributed by atoms with Crippen molar-refractivity contribution in [1.82, 2.24) is 0 Å². The van der Waals surface area contributed by atoms with Crippen molar-refractivity contribution in [1.29, 1.82) is 0 Å². The number of hydrogen-bond donors (Lipinski definition) is 2. The van der Waals surface area contributed by atoms with Crippen LogP contribution in [-0.2, 0) is 11.2 Å². The molecule has 1 unspecified atom stereocenters. The van der Waals surface area contributed by atoms with Gasteiger partial charge in [-0.3, -0.25) is 0 Å². The molecule has 3 nitrogen and oxygen atoms in total. The van der Waals surface area contributed by atoms with E-state index in [0.717, 1.165) is 21.3 Å². The molecule has 0 radical (unpaired) electrons. The summed E-state index contributed by atoms with van der Waals surface area (Å²) in [6.45, 7) is 1.99. The second-order valence-electron chi connectivity index (χ2n) is 3.44. The van der Waals surface area contributed by atoms with Crippen molar-refractivity contribution in [2.75, 3.05) is 5.32 Å². The van der Waals surface area contributed by atoms with Crippen LogP contribution < -0.4 is 5.32 Å². The number of carboxylic acid groups (broad SMARTS) is 1. The summed E-state index contributed by atoms with van der Waals surface area (Å²) in [6, 6.07) is 3.37. The van der Waals surface area contributed by atoms with Gasteiger partial charge in [-0.2, -0.15) is 0 Å². The molecular formula is C10H10BrNO2. The molecule has 1 aliphatic rings. The van der Waals surface area contributed by atoms with Crippen LogP contribution in [0.1, 0.15) is 11.1 Å². The van der Waals surface area contributed by atoms with E-state index in [2.05, 4.69) is 21.2 Å². The van der Waals surface area contributed by atoms with Gasteiger partial charge in [-0.15, -0.1) is 0 Å². The molecule has 0 saturated heterocycles. The highest BCUT2D eigenvalue weighted by atomic mass is 79.9. The minimum Gasteiger partial charge on any atom is -0.480 e. The fraction of sp³-hybridized carbons (Fsp3) is 0.300. The smallest absolute Gasteiger partial charge is 0.326 e. The number of halogens is 1. The molecule has 2 N–H and O–H groups in total. The third kappa shape index (κ3) is 1.39. The molecule has 1 aliphatic heterocycles. The Hall–Kier alpha value is -1.03. The van der Waals surface area contributed by atoms with E-state index < -0.39 is 12.0 Å². The SMILES string of the molecule is Cc1c(Br)ccc2c1CC(C(=O)O)N2. The van der Waals surface area contributed by atoms with Gasteiger partial charge in [-0.05, 0) is 30.2 Å². The summed E-state index contributed by atoms with van der Waals surface area (Å²) in [7, 11) is 0. The van der Waals surface area contributed by atoms with Crippen LogP contribution >= 0.6 is 15.9 Å². The van der Waals surface area contributed by atoms with Gasteiger partial charge in [0.05, 0.1) is 0 Å². The summed E-state index contributed by atoms with van der Waals surface area (Å²) in [5.74, 6) is -0.795. The number of anilines is 1. The first-order valence-corrected chi connectivity index (χ1v) is 5.16. The van der Waals surface area contributed by atoms with Gasteiger partial charge >= 0.3 is 5.97 Å². The molecule has 0 bridgehead atoms. The first kappa shape index (κ1) is 9.52. The molecule has 4 heteroatoms. The Bertz CT molecular complexity index is 403. The topological polar surface area (TPSA) is 49.3 Å². The monoisotopic (exact) mass is 255 g/mol. The highest BCUT2D eigenvalue weighted by Crippen LogP contribution is 2.32. The Balaban J connectivity index is 2.40. The summed E-state index contributed by atoms with van der Waals surface area (Å²) in [6.07, 6.45) is 0.565. The fourth-order valence-corrected chi connectivity index (χ4v) is 2.09. The minimum atomic E-state index is -0.795. The number of nitrogens with one attached hydrogen (secondary N) is 1. The maximum Gasteiger partial charge on any atom is 0.326 e. The van der Waals surface area contributed by atoms with Gasteiger partial charge < -0.3 is 10.4 Å². The summed E-state index contributed by atoms with van der Waals surface area (Å²) in [5, 5.41) is 11.9. The first-order valence-electron chi connectivity index (χ1n) is 4.37. The summed E-state index contributed by atoms with van der Waals surface area (Å²) in [4.78, 5) is 10.8. The third-order valence-electron chi connectivity index (χ3n) is 2.57. The van der Waals surface area contributed by atoms with E-state index in [0.29, 0.717) is 6.42 Å². The Labute approximate surface area is 90.3 Å². The van der Waals surface area contributed by atoms with Gasteiger partial charge in [0.1, 0.15) is 6.04 Å². The maximum atomic E-state index is 10.8. The van der Waals surface area contributed by atoms with Crippen molar-refractivity contribution in [3.8, 4) is 0 Å². The zero-order valence-corrected chi connectivity index (χ0v) is 9.26. The molecule has 14 heavy (non-hydrogen) atoms. The van der Waals surface area contributed by atoms with Crippen molar-refractivity contribution in [3.05, 3.63) is 27.7 Å². The van der Waals surface area contributed by atoms with Crippen LogP contribution in [0.5, 0.6) is 0 Å². The van der Waals surface area contributed by atoms with Crippen LogP contribution in [0.25, 0.3) is 0 Å². The van der Waals surface area contributed by atoms with Crippen LogP contribution in [0, 0.1) is 6.92 Å². The highest BCUT2D eigenvalue weighted by molar-refractivity contribution is 9.10. The number of aliphatic carboxylic acids is 1. The van der Waals surface area contributed by atoms with Gasteiger partial charge in [0.2, 0.25) is 0 Å². The number of benzene rings is 1. The van der Waals surface area contributed by atoms with Gasteiger partial charge in [0.25, 0.3) is 0 Å². The largest absolute Gasteiger partial charge is 0.480 e. The van der Waals surface area contributed by atoms with Crippen LogP contribution in [0.3, 0.4) is 0 Å². The molecule has 1 heterocycles. The van der Waals surface area contributed by atoms with E-state index in [1.54, 1.807) is 0 Å². The molecule has 0 fully saturated rings. The lowest BCUT2D eigenvalue weighted by Gasteiger charge is -2.04. The number of rotatable bonds is 1. The molecule has 1 aromatic rings. The standard InChI is InChI=1S/C10H10BrNO2/c1-5-6-4-9(10(13)14)12-8(6)3-2-7(5)11/h2-3,9,12H,4H2,1H3,(H,13,14). The molecule has 0 aromatic heterocycles. The second kappa shape index (κ2) is 3.28. The lowest BCUT2D eigenvalue weighted by atomic mass is 10.0. The van der Waals surface area contributed by atoms with Crippen LogP contribution in [0.4, 0.5) is 5.69 Å². The normalized spacial score (nSPS) is 18.9. The van der Waals surface area contributed by atoms with Gasteiger partial charge in [0, 0.05) is 16.6 Å². The minimum absolute atomic E-state index is 0.474. The summed E-state index contributed by atoms with van der Waals surface area (Å²) >= 11 is 3.43. The zero-order chi connectivity index (χ0) is 10.3. The Morgan fingerprint density at radius 2 is 2.36 bits per heavy atom. The molecule has 74 valence electrons. The first-order chi connectivity index (χ1) is 6.59. The Morgan fingerprint density at radius 3 is 3.00 bits per heavy atom. The number of carbonyl (C=O) groups is 1. The number of hydrogen-bond acceptors (Lipinski definition) is 2. The lowest BCUT2D eigenvalue weighted by molar-refractivity contribution is -0.137. The van der Waals surface area contributed by atoms with Crippen molar-refractivity contribution < 1.29 is 9.90 Å². The molecular weight excluding hydrogens is 246 g/mol. The van der Waals surface area contributed by atoms with E-state index in [4.69, 9.17) is 5.11 Å². The van der Waals surface area contributed by atoms with Gasteiger partial charge in [-0.1, -0.05) is 15.9 Å². The molecule has 0 saturated carbocycles. The van der Waals surface area contributed by atoms with Crippen LogP contribution in [0.2, 0.25) is 0 Å². The third-order valence-corrected chi connectivity index (χ3v) is 3.43. The van der Waals surface area contributed by atoms with Crippen molar-refractivity contribution in [2.45, 2.75) is 19.4 Å². The Morgan fingerprint density at radius 1 is 1.64 bits per heavy atom. The second-order valence-corrected chi connectivity index (χ2v) is 4.29. The van der Waals surface area contributed by atoms with Crippen molar-refractivity contribution in [3.63, 3.8) is 0 Å². The van der Waals surface area contributed by atoms with E-state index in [1.807, 2.05) is 19.1 Å². The zero-order valence-electron chi connectivity index (χ0n) is 7.67. The average Bonchev–Trinajstić information content (AvgIpc) is 2.56. The molecule has 0 spiro atoms. The van der Waals surface area contributed by atoms with E-state index in [9.17, 15) is 4.79 Å². The Kier molecular flexibility index (Phi) is 2.23. The van der Waals surface area contributed by atoms with Crippen molar-refractivity contribution >= 4 is 27.6 Å². The summed E-state index contributed by atoms with van der Waals surface area (Å²) in [5.41, 5.74) is 3.17. The van der Waals surface area contributed by atoms with Gasteiger partial charge in [0.15, 0.2) is 0 Å². The summed E-state index contributed by atoms with van der Waals surface area (Å²) < 4.78 is 1.03. The quantitative estimate of drug-likeness (QED) is 0.809. The lowest BCUT2D eigenvalue weighted by Crippen LogP contribution is -2.26. The van der Waals surface area contributed by atoms with E-state index in [-0.39, 0.29) is 0 Å². The molecule has 0 aliphatic carbocycles. The molecule has 2 rings (SSSR count).